The van der Waals surface area contributed by atoms with Crippen LogP contribution in [-0.2, 0) is 14.6 Å². The normalized spacial score (nSPS) is 21.3. The largest absolute Gasteiger partial charge is 0.326 e. The molecule has 1 atom stereocenters. The minimum atomic E-state index is -2.91. The number of hydrogen-bond acceptors (Lipinski definition) is 3. The monoisotopic (exact) mass is 281 g/mol. The summed E-state index contributed by atoms with van der Waals surface area (Å²) in [7, 11) is -2.91. The first kappa shape index (κ1) is 14.1. The molecule has 0 spiro atoms. The maximum atomic E-state index is 11.9. The number of amides is 1. The third-order valence-electron chi connectivity index (χ3n) is 3.68. The molecule has 1 aliphatic heterocycles. The van der Waals surface area contributed by atoms with Gasteiger partial charge in [0.15, 0.2) is 9.84 Å². The lowest BCUT2D eigenvalue weighted by atomic mass is 10.0. The second-order valence-corrected chi connectivity index (χ2v) is 7.50. The van der Waals surface area contributed by atoms with Gasteiger partial charge >= 0.3 is 0 Å². The lowest BCUT2D eigenvalue weighted by Gasteiger charge is -2.12. The molecule has 19 heavy (non-hydrogen) atoms. The van der Waals surface area contributed by atoms with Crippen molar-refractivity contribution in [1.82, 2.24) is 0 Å². The van der Waals surface area contributed by atoms with E-state index in [0.717, 1.165) is 16.8 Å². The van der Waals surface area contributed by atoms with Crippen LogP contribution in [0.2, 0.25) is 0 Å². The molecule has 1 N–H and O–H groups in total. The van der Waals surface area contributed by atoms with Gasteiger partial charge in [-0.25, -0.2) is 8.42 Å². The molecule has 0 aliphatic carbocycles. The minimum Gasteiger partial charge on any atom is -0.326 e. The fourth-order valence-corrected chi connectivity index (χ4v) is 4.24. The van der Waals surface area contributed by atoms with Crippen molar-refractivity contribution >= 4 is 21.4 Å². The molecule has 0 bridgehead atoms. The van der Waals surface area contributed by atoms with Crippen LogP contribution >= 0.6 is 0 Å². The summed E-state index contributed by atoms with van der Waals surface area (Å²) in [6, 6.07) is 5.76. The average Bonchev–Trinajstić information content (AvgIpc) is 2.64. The molecule has 2 rings (SSSR count). The predicted molar refractivity (Wildman–Crippen MR) is 75.9 cm³/mol. The molecule has 0 saturated carbocycles. The first-order valence-corrected chi connectivity index (χ1v) is 8.26. The third-order valence-corrected chi connectivity index (χ3v) is 5.52. The molecule has 5 heteroatoms. The van der Waals surface area contributed by atoms with Crippen molar-refractivity contribution in [3.8, 4) is 0 Å². The second kappa shape index (κ2) is 5.33. The predicted octanol–water partition coefficient (Wildman–Crippen LogP) is 2.07. The summed E-state index contributed by atoms with van der Waals surface area (Å²) in [6.07, 6.45) is 0.884. The number of aryl methyl sites for hydroxylation is 1. The highest BCUT2D eigenvalue weighted by molar-refractivity contribution is 7.91. The lowest BCUT2D eigenvalue weighted by Crippen LogP contribution is -2.18. The molecule has 0 radical (unpaired) electrons. The van der Waals surface area contributed by atoms with Crippen molar-refractivity contribution in [3.63, 3.8) is 0 Å². The van der Waals surface area contributed by atoms with E-state index < -0.39 is 9.84 Å². The molecule has 1 aliphatic rings. The first-order chi connectivity index (χ1) is 8.87. The van der Waals surface area contributed by atoms with E-state index in [-0.39, 0.29) is 29.8 Å². The van der Waals surface area contributed by atoms with Crippen molar-refractivity contribution in [1.29, 1.82) is 0 Å². The van der Waals surface area contributed by atoms with E-state index in [1.807, 2.05) is 32.0 Å². The summed E-state index contributed by atoms with van der Waals surface area (Å²) in [5.74, 6) is 0.229. The van der Waals surface area contributed by atoms with Gasteiger partial charge in [-0.2, -0.15) is 0 Å². The fourth-order valence-electron chi connectivity index (χ4n) is 2.38. The van der Waals surface area contributed by atoms with Crippen LogP contribution in [0.1, 0.15) is 24.0 Å². The number of carbonyl (C=O) groups excluding carboxylic acids is 1. The highest BCUT2D eigenvalue weighted by atomic mass is 32.2. The molecule has 1 aromatic rings. The molecule has 104 valence electrons. The molecular formula is C14H19NO3S. The highest BCUT2D eigenvalue weighted by Crippen LogP contribution is 2.23. The van der Waals surface area contributed by atoms with Crippen molar-refractivity contribution in [2.75, 3.05) is 16.8 Å². The Bertz CT molecular complexity index is 593. The Hall–Kier alpha value is -1.36. The number of sulfone groups is 1. The molecule has 4 nitrogen and oxygen atoms in total. The van der Waals surface area contributed by atoms with Gasteiger partial charge in [-0.3, -0.25) is 4.79 Å². The topological polar surface area (TPSA) is 63.2 Å². The zero-order valence-electron chi connectivity index (χ0n) is 11.3. The van der Waals surface area contributed by atoms with Gasteiger partial charge < -0.3 is 5.32 Å². The van der Waals surface area contributed by atoms with Gasteiger partial charge in [-0.15, -0.1) is 0 Å². The number of hydrogen-bond donors (Lipinski definition) is 1. The van der Waals surface area contributed by atoms with Crippen molar-refractivity contribution < 1.29 is 13.2 Å². The van der Waals surface area contributed by atoms with Gasteiger partial charge in [0.05, 0.1) is 11.5 Å². The fraction of sp³-hybridized carbons (Fsp3) is 0.500. The van der Waals surface area contributed by atoms with Crippen molar-refractivity contribution in [2.45, 2.75) is 26.7 Å². The maximum Gasteiger partial charge on any atom is 0.224 e. The van der Waals surface area contributed by atoms with Crippen molar-refractivity contribution in [3.05, 3.63) is 29.3 Å². The summed E-state index contributed by atoms with van der Waals surface area (Å²) < 4.78 is 22.7. The Morgan fingerprint density at radius 3 is 2.74 bits per heavy atom. The van der Waals surface area contributed by atoms with E-state index >= 15 is 0 Å². The van der Waals surface area contributed by atoms with Gasteiger partial charge in [-0.05, 0) is 43.4 Å². The van der Waals surface area contributed by atoms with Gasteiger partial charge in [0, 0.05) is 12.1 Å². The average molecular weight is 281 g/mol. The van der Waals surface area contributed by atoms with Gasteiger partial charge in [0.25, 0.3) is 0 Å². The Kier molecular flexibility index (Phi) is 3.94. The van der Waals surface area contributed by atoms with Crippen LogP contribution in [0.4, 0.5) is 5.69 Å². The molecule has 1 saturated heterocycles. The molecule has 1 heterocycles. The molecule has 1 aromatic carbocycles. The van der Waals surface area contributed by atoms with E-state index in [1.165, 1.54) is 0 Å². The van der Waals surface area contributed by atoms with Crippen LogP contribution < -0.4 is 5.32 Å². The van der Waals surface area contributed by atoms with Gasteiger partial charge in [0.2, 0.25) is 5.91 Å². The van der Waals surface area contributed by atoms with Crippen LogP contribution in [0.5, 0.6) is 0 Å². The Morgan fingerprint density at radius 2 is 2.11 bits per heavy atom. The van der Waals surface area contributed by atoms with Crippen LogP contribution in [0.3, 0.4) is 0 Å². The zero-order chi connectivity index (χ0) is 14.0. The Labute approximate surface area is 114 Å². The van der Waals surface area contributed by atoms with E-state index in [2.05, 4.69) is 5.32 Å². The Morgan fingerprint density at radius 1 is 1.37 bits per heavy atom. The SMILES string of the molecule is Cc1cccc(NC(=O)C[C@@H]2CCS(=O)(=O)C2)c1C. The van der Waals surface area contributed by atoms with Crippen LogP contribution in [0.15, 0.2) is 18.2 Å². The van der Waals surface area contributed by atoms with Crippen LogP contribution in [0, 0.1) is 19.8 Å². The van der Waals surface area contributed by atoms with E-state index in [1.54, 1.807) is 0 Å². The van der Waals surface area contributed by atoms with Crippen molar-refractivity contribution in [2.24, 2.45) is 5.92 Å². The highest BCUT2D eigenvalue weighted by Gasteiger charge is 2.29. The number of nitrogens with one attached hydrogen (secondary N) is 1. The zero-order valence-corrected chi connectivity index (χ0v) is 12.1. The molecule has 0 aromatic heterocycles. The standard InChI is InChI=1S/C14H19NO3S/c1-10-4-3-5-13(11(10)2)15-14(16)8-12-6-7-19(17,18)9-12/h3-5,12H,6-9H2,1-2H3,(H,15,16)/t12-/m0/s1. The molecule has 0 unspecified atom stereocenters. The molecular weight excluding hydrogens is 262 g/mol. The quantitative estimate of drug-likeness (QED) is 0.922. The minimum absolute atomic E-state index is 0.0323. The van der Waals surface area contributed by atoms with E-state index in [0.29, 0.717) is 6.42 Å². The number of benzene rings is 1. The van der Waals surface area contributed by atoms with E-state index in [4.69, 9.17) is 0 Å². The number of rotatable bonds is 3. The Balaban J connectivity index is 1.97. The first-order valence-electron chi connectivity index (χ1n) is 6.44. The summed E-state index contributed by atoms with van der Waals surface area (Å²) in [5, 5.41) is 2.87. The van der Waals surface area contributed by atoms with Crippen LogP contribution in [0.25, 0.3) is 0 Å². The summed E-state index contributed by atoms with van der Waals surface area (Å²) in [4.78, 5) is 11.9. The van der Waals surface area contributed by atoms with Gasteiger partial charge in [-0.1, -0.05) is 12.1 Å². The maximum absolute atomic E-state index is 11.9. The van der Waals surface area contributed by atoms with E-state index in [9.17, 15) is 13.2 Å². The lowest BCUT2D eigenvalue weighted by molar-refractivity contribution is -0.116. The summed E-state index contributed by atoms with van der Waals surface area (Å²) in [6.45, 7) is 3.96. The number of anilines is 1. The molecule has 1 amide bonds. The second-order valence-electron chi connectivity index (χ2n) is 5.27. The third kappa shape index (κ3) is 3.56. The number of carbonyl (C=O) groups is 1. The van der Waals surface area contributed by atoms with Gasteiger partial charge in [0.1, 0.15) is 0 Å². The molecule has 1 fully saturated rings. The van der Waals surface area contributed by atoms with Crippen LogP contribution in [-0.4, -0.2) is 25.8 Å². The summed E-state index contributed by atoms with van der Waals surface area (Å²) in [5.41, 5.74) is 2.99. The smallest absolute Gasteiger partial charge is 0.224 e. The summed E-state index contributed by atoms with van der Waals surface area (Å²) >= 11 is 0.